The number of likely N-dealkylation sites (tertiary alicyclic amines) is 1. The molecule has 0 spiro atoms. The number of halogens is 4. The van der Waals surface area contributed by atoms with Crippen molar-refractivity contribution >= 4 is 0 Å². The molecule has 0 aliphatic carbocycles. The molecule has 28 heavy (non-hydrogen) atoms. The van der Waals surface area contributed by atoms with E-state index in [9.17, 15) is 22.7 Å². The summed E-state index contributed by atoms with van der Waals surface area (Å²) in [6.07, 6.45) is -2.69. The van der Waals surface area contributed by atoms with E-state index in [1.54, 1.807) is 6.92 Å². The third-order valence-electron chi connectivity index (χ3n) is 5.75. The molecule has 2 aromatic rings. The summed E-state index contributed by atoms with van der Waals surface area (Å²) >= 11 is 0. The zero-order valence-electron chi connectivity index (χ0n) is 16.0. The van der Waals surface area contributed by atoms with Gasteiger partial charge in [0, 0.05) is 24.2 Å². The second kappa shape index (κ2) is 7.84. The Kier molecular flexibility index (Phi) is 5.82. The Morgan fingerprint density at radius 1 is 1.04 bits per heavy atom. The molecule has 3 atom stereocenters. The van der Waals surface area contributed by atoms with Crippen LogP contribution in [-0.2, 0) is 18.3 Å². The first-order chi connectivity index (χ1) is 13.1. The molecule has 1 fully saturated rings. The van der Waals surface area contributed by atoms with Gasteiger partial charge >= 0.3 is 6.18 Å². The highest BCUT2D eigenvalue weighted by atomic mass is 19.4. The molecule has 152 valence electrons. The summed E-state index contributed by atoms with van der Waals surface area (Å²) in [6.45, 7) is 3.53. The molecular weight excluding hydrogens is 370 g/mol. The van der Waals surface area contributed by atoms with Crippen molar-refractivity contribution in [3.05, 3.63) is 71.0 Å². The highest BCUT2D eigenvalue weighted by Crippen LogP contribution is 2.38. The lowest BCUT2D eigenvalue weighted by Crippen LogP contribution is -2.39. The Balaban J connectivity index is 1.86. The van der Waals surface area contributed by atoms with Crippen molar-refractivity contribution in [1.82, 2.24) is 4.90 Å². The molecule has 0 saturated carbocycles. The SMILES string of the molecule is CC1CCC(CC(C)(O)c2ccccc2)N1Cc1c(F)cccc1C(F)(F)F. The third kappa shape index (κ3) is 4.39. The van der Waals surface area contributed by atoms with Gasteiger partial charge in [0.05, 0.1) is 11.2 Å². The second-order valence-electron chi connectivity index (χ2n) is 7.86. The van der Waals surface area contributed by atoms with E-state index in [0.29, 0.717) is 6.42 Å². The number of aliphatic hydroxyl groups is 1. The normalized spacial score (nSPS) is 23.0. The van der Waals surface area contributed by atoms with Gasteiger partial charge in [-0.3, -0.25) is 4.90 Å². The highest BCUT2D eigenvalue weighted by molar-refractivity contribution is 5.31. The Morgan fingerprint density at radius 2 is 1.71 bits per heavy atom. The van der Waals surface area contributed by atoms with Crippen molar-refractivity contribution < 1.29 is 22.7 Å². The van der Waals surface area contributed by atoms with Crippen LogP contribution in [0.1, 0.15) is 49.8 Å². The third-order valence-corrected chi connectivity index (χ3v) is 5.75. The van der Waals surface area contributed by atoms with Gasteiger partial charge in [0.25, 0.3) is 0 Å². The van der Waals surface area contributed by atoms with Crippen LogP contribution in [0, 0.1) is 5.82 Å². The van der Waals surface area contributed by atoms with Crippen LogP contribution in [-0.4, -0.2) is 22.1 Å². The van der Waals surface area contributed by atoms with Gasteiger partial charge in [-0.15, -0.1) is 0 Å². The van der Waals surface area contributed by atoms with Gasteiger partial charge in [-0.2, -0.15) is 13.2 Å². The molecule has 3 unspecified atom stereocenters. The minimum atomic E-state index is -4.61. The second-order valence-corrected chi connectivity index (χ2v) is 7.86. The predicted molar refractivity (Wildman–Crippen MR) is 100 cm³/mol. The quantitative estimate of drug-likeness (QED) is 0.676. The molecule has 1 aliphatic rings. The molecule has 1 heterocycles. The monoisotopic (exact) mass is 395 g/mol. The van der Waals surface area contributed by atoms with Crippen molar-refractivity contribution in [2.24, 2.45) is 0 Å². The van der Waals surface area contributed by atoms with Crippen molar-refractivity contribution in [1.29, 1.82) is 0 Å². The maximum atomic E-state index is 14.3. The number of alkyl halides is 3. The standard InChI is InChI=1S/C22H25F4NO/c1-15-11-12-17(13-21(2,28)16-7-4-3-5-8-16)27(15)14-18-19(22(24,25)26)9-6-10-20(18)23/h3-10,15,17,28H,11-14H2,1-2H3. The average molecular weight is 395 g/mol. The van der Waals surface area contributed by atoms with Crippen LogP contribution in [0.3, 0.4) is 0 Å². The lowest BCUT2D eigenvalue weighted by atomic mass is 9.88. The van der Waals surface area contributed by atoms with Crippen LogP contribution in [0.4, 0.5) is 17.6 Å². The summed E-state index contributed by atoms with van der Waals surface area (Å²) < 4.78 is 54.4. The zero-order chi connectivity index (χ0) is 20.5. The molecule has 0 amide bonds. The van der Waals surface area contributed by atoms with Crippen LogP contribution in [0.25, 0.3) is 0 Å². The lowest BCUT2D eigenvalue weighted by Gasteiger charge is -2.34. The summed E-state index contributed by atoms with van der Waals surface area (Å²) in [5, 5.41) is 11.0. The van der Waals surface area contributed by atoms with Crippen molar-refractivity contribution in [2.45, 2.75) is 63.5 Å². The fourth-order valence-corrected chi connectivity index (χ4v) is 4.17. The van der Waals surface area contributed by atoms with Crippen molar-refractivity contribution in [2.75, 3.05) is 0 Å². The van der Waals surface area contributed by atoms with Crippen LogP contribution in [0.2, 0.25) is 0 Å². The predicted octanol–water partition coefficient (Wildman–Crippen LogP) is 5.50. The maximum absolute atomic E-state index is 14.3. The summed E-state index contributed by atoms with van der Waals surface area (Å²) in [4.78, 5) is 1.89. The Hall–Kier alpha value is -1.92. The van der Waals surface area contributed by atoms with Gasteiger partial charge in [0.1, 0.15) is 5.82 Å². The summed E-state index contributed by atoms with van der Waals surface area (Å²) in [7, 11) is 0. The fraction of sp³-hybridized carbons (Fsp3) is 0.455. The number of hydrogen-bond acceptors (Lipinski definition) is 2. The smallest absolute Gasteiger partial charge is 0.385 e. The van der Waals surface area contributed by atoms with Crippen molar-refractivity contribution in [3.8, 4) is 0 Å². The van der Waals surface area contributed by atoms with Gasteiger partial charge in [0.2, 0.25) is 0 Å². The van der Waals surface area contributed by atoms with Crippen molar-refractivity contribution in [3.63, 3.8) is 0 Å². The minimum Gasteiger partial charge on any atom is -0.385 e. The number of rotatable bonds is 5. The molecule has 2 aromatic carbocycles. The molecule has 2 nitrogen and oxygen atoms in total. The molecule has 0 aromatic heterocycles. The summed E-state index contributed by atoms with van der Waals surface area (Å²) in [5.41, 5.74) is -1.61. The molecule has 0 radical (unpaired) electrons. The molecule has 1 N–H and O–H groups in total. The van der Waals surface area contributed by atoms with E-state index in [1.165, 1.54) is 0 Å². The zero-order valence-corrected chi connectivity index (χ0v) is 16.0. The first kappa shape index (κ1) is 20.8. The summed E-state index contributed by atoms with van der Waals surface area (Å²) in [6, 6.07) is 12.2. The van der Waals surface area contributed by atoms with Gasteiger partial charge in [-0.05, 0) is 50.8 Å². The topological polar surface area (TPSA) is 23.5 Å². The van der Waals surface area contributed by atoms with E-state index in [0.717, 1.165) is 36.6 Å². The number of nitrogens with zero attached hydrogens (tertiary/aromatic N) is 1. The van der Waals surface area contributed by atoms with Crippen LogP contribution < -0.4 is 0 Å². The number of hydrogen-bond donors (Lipinski definition) is 1. The van der Waals surface area contributed by atoms with E-state index in [-0.39, 0.29) is 24.2 Å². The van der Waals surface area contributed by atoms with Crippen LogP contribution in [0.15, 0.2) is 48.5 Å². The average Bonchev–Trinajstić information content (AvgIpc) is 2.96. The number of benzene rings is 2. The molecule has 3 rings (SSSR count). The van der Waals surface area contributed by atoms with Crippen LogP contribution >= 0.6 is 0 Å². The first-order valence-electron chi connectivity index (χ1n) is 9.48. The summed E-state index contributed by atoms with van der Waals surface area (Å²) in [5.74, 6) is -0.845. The van der Waals surface area contributed by atoms with E-state index in [4.69, 9.17) is 0 Å². The van der Waals surface area contributed by atoms with Gasteiger partial charge in [-0.1, -0.05) is 36.4 Å². The fourth-order valence-electron chi connectivity index (χ4n) is 4.17. The van der Waals surface area contributed by atoms with E-state index in [2.05, 4.69) is 0 Å². The first-order valence-corrected chi connectivity index (χ1v) is 9.48. The Morgan fingerprint density at radius 3 is 2.36 bits per heavy atom. The van der Waals surface area contributed by atoms with Gasteiger partial charge < -0.3 is 5.11 Å². The van der Waals surface area contributed by atoms with Crippen LogP contribution in [0.5, 0.6) is 0 Å². The molecule has 0 bridgehead atoms. The van der Waals surface area contributed by atoms with E-state index >= 15 is 0 Å². The minimum absolute atomic E-state index is 0.0114. The molecule has 1 aliphatic heterocycles. The lowest BCUT2D eigenvalue weighted by molar-refractivity contribution is -0.138. The Bertz CT molecular complexity index is 804. The maximum Gasteiger partial charge on any atom is 0.416 e. The molecule has 6 heteroatoms. The Labute approximate surface area is 162 Å². The largest absolute Gasteiger partial charge is 0.416 e. The highest BCUT2D eigenvalue weighted by Gasteiger charge is 2.39. The van der Waals surface area contributed by atoms with Gasteiger partial charge in [0.15, 0.2) is 0 Å². The van der Waals surface area contributed by atoms with E-state index in [1.807, 2.05) is 42.2 Å². The molecular formula is C22H25F4NO. The van der Waals surface area contributed by atoms with Gasteiger partial charge in [-0.25, -0.2) is 4.39 Å². The molecule has 1 saturated heterocycles. The van der Waals surface area contributed by atoms with E-state index < -0.39 is 23.2 Å².